The van der Waals surface area contributed by atoms with Gasteiger partial charge in [0, 0.05) is 37.9 Å². The fourth-order valence-electron chi connectivity index (χ4n) is 5.20. The predicted molar refractivity (Wildman–Crippen MR) is 146 cm³/mol. The molecule has 2 aromatic carbocycles. The Bertz CT molecular complexity index is 1170. The highest BCUT2D eigenvalue weighted by atomic mass is 32.2. The maximum Gasteiger partial charge on any atom is 0.246 e. The van der Waals surface area contributed by atoms with Crippen molar-refractivity contribution in [2.45, 2.75) is 50.6 Å². The molecule has 1 N–H and O–H groups in total. The Kier molecular flexibility index (Phi) is 9.64. The number of benzene rings is 2. The Hall–Kier alpha value is -2.66. The van der Waals surface area contributed by atoms with E-state index < -0.39 is 10.0 Å². The number of aryl methyl sites for hydroxylation is 2. The Morgan fingerprint density at radius 2 is 1.74 bits per heavy atom. The number of sulfonamides is 1. The van der Waals surface area contributed by atoms with Gasteiger partial charge < -0.3 is 24.4 Å². The minimum atomic E-state index is -3.72. The molecule has 0 aromatic heterocycles. The van der Waals surface area contributed by atoms with Crippen LogP contribution in [0.1, 0.15) is 36.0 Å². The van der Waals surface area contributed by atoms with Gasteiger partial charge in [0.05, 0.1) is 31.8 Å². The van der Waals surface area contributed by atoms with Gasteiger partial charge >= 0.3 is 0 Å². The molecule has 2 heterocycles. The lowest BCUT2D eigenvalue weighted by Crippen LogP contribution is -2.46. The third-order valence-corrected chi connectivity index (χ3v) is 9.41. The zero-order valence-corrected chi connectivity index (χ0v) is 23.4. The largest absolute Gasteiger partial charge is 0.497 e. The number of nitrogens with zero attached hydrogens (tertiary/aromatic N) is 2. The van der Waals surface area contributed by atoms with Gasteiger partial charge in [-0.2, -0.15) is 4.31 Å². The molecule has 38 heavy (non-hydrogen) atoms. The van der Waals surface area contributed by atoms with E-state index in [9.17, 15) is 13.2 Å². The van der Waals surface area contributed by atoms with E-state index in [0.717, 1.165) is 50.4 Å². The van der Waals surface area contributed by atoms with Crippen LogP contribution in [0, 0.1) is 13.8 Å². The van der Waals surface area contributed by atoms with Crippen LogP contribution >= 0.6 is 0 Å². The summed E-state index contributed by atoms with van der Waals surface area (Å²) in [6, 6.07) is 11.3. The number of methoxy groups -OCH3 is 1. The number of anilines is 1. The molecule has 10 heteroatoms. The Labute approximate surface area is 226 Å². The molecule has 2 fully saturated rings. The maximum atomic E-state index is 13.7. The molecule has 1 amide bonds. The summed E-state index contributed by atoms with van der Waals surface area (Å²) in [5.41, 5.74) is 3.47. The lowest BCUT2D eigenvalue weighted by Gasteiger charge is -2.35. The standard InChI is InChI=1S/C28H39N3O6S/c1-21-16-26(35-3)17-22(2)28(21)38(33,34)31-11-5-4-6-25(31)19-37-20-27(32)29-18-23-7-9-24(10-8-23)30-12-14-36-15-13-30/h7-10,16-17,25H,4-6,11-15,18-20H2,1-3H3,(H,29,32). The van der Waals surface area contributed by atoms with Gasteiger partial charge in [0.2, 0.25) is 15.9 Å². The van der Waals surface area contributed by atoms with E-state index in [0.29, 0.717) is 41.3 Å². The van der Waals surface area contributed by atoms with Crippen LogP contribution in [0.2, 0.25) is 0 Å². The summed E-state index contributed by atoms with van der Waals surface area (Å²) in [4.78, 5) is 15.0. The van der Waals surface area contributed by atoms with Gasteiger partial charge in [-0.25, -0.2) is 8.42 Å². The summed E-state index contributed by atoms with van der Waals surface area (Å²) in [5, 5.41) is 2.89. The van der Waals surface area contributed by atoms with Crippen molar-refractivity contribution in [3.8, 4) is 5.75 Å². The van der Waals surface area contributed by atoms with E-state index in [-0.39, 0.29) is 25.2 Å². The zero-order chi connectivity index (χ0) is 27.1. The number of piperidine rings is 1. The molecule has 2 saturated heterocycles. The normalized spacial score (nSPS) is 18.8. The molecule has 0 saturated carbocycles. The van der Waals surface area contributed by atoms with E-state index in [1.165, 1.54) is 0 Å². The van der Waals surface area contributed by atoms with Gasteiger partial charge in [-0.05, 0) is 67.6 Å². The highest BCUT2D eigenvalue weighted by molar-refractivity contribution is 7.89. The van der Waals surface area contributed by atoms with Crippen LogP contribution in [0.15, 0.2) is 41.3 Å². The number of hydrogen-bond acceptors (Lipinski definition) is 7. The average Bonchev–Trinajstić information content (AvgIpc) is 2.92. The summed E-state index contributed by atoms with van der Waals surface area (Å²) < 4.78 is 45.3. The van der Waals surface area contributed by atoms with Gasteiger partial charge in [0.1, 0.15) is 12.4 Å². The number of rotatable bonds is 10. The quantitative estimate of drug-likeness (QED) is 0.490. The first-order valence-corrected chi connectivity index (χ1v) is 14.7. The van der Waals surface area contributed by atoms with Crippen LogP contribution in [0.3, 0.4) is 0 Å². The van der Waals surface area contributed by atoms with Crippen molar-refractivity contribution < 1.29 is 27.4 Å². The molecule has 0 spiro atoms. The number of hydrogen-bond donors (Lipinski definition) is 1. The van der Waals surface area contributed by atoms with E-state index >= 15 is 0 Å². The van der Waals surface area contributed by atoms with Crippen molar-refractivity contribution in [3.05, 3.63) is 53.1 Å². The van der Waals surface area contributed by atoms with Crippen LogP contribution in [0.4, 0.5) is 5.69 Å². The SMILES string of the molecule is COc1cc(C)c(S(=O)(=O)N2CCCCC2COCC(=O)NCc2ccc(N3CCOCC3)cc2)c(C)c1. The van der Waals surface area contributed by atoms with Crippen molar-refractivity contribution in [1.29, 1.82) is 0 Å². The van der Waals surface area contributed by atoms with Gasteiger partial charge in [-0.3, -0.25) is 4.79 Å². The minimum Gasteiger partial charge on any atom is -0.497 e. The molecule has 208 valence electrons. The molecule has 0 radical (unpaired) electrons. The lowest BCUT2D eigenvalue weighted by atomic mass is 10.1. The molecule has 2 aliphatic rings. The van der Waals surface area contributed by atoms with E-state index in [2.05, 4.69) is 22.3 Å². The molecule has 4 rings (SSSR count). The third kappa shape index (κ3) is 6.85. The first-order valence-electron chi connectivity index (χ1n) is 13.2. The van der Waals surface area contributed by atoms with Crippen LogP contribution in [0.25, 0.3) is 0 Å². The van der Waals surface area contributed by atoms with Gasteiger partial charge in [0.25, 0.3) is 0 Å². The fraction of sp³-hybridized carbons (Fsp3) is 0.536. The van der Waals surface area contributed by atoms with Crippen molar-refractivity contribution in [2.75, 3.05) is 58.1 Å². The summed E-state index contributed by atoms with van der Waals surface area (Å²) in [5.74, 6) is 0.408. The number of ether oxygens (including phenoxy) is 3. The molecular weight excluding hydrogens is 506 g/mol. The monoisotopic (exact) mass is 545 g/mol. The topological polar surface area (TPSA) is 97.4 Å². The first kappa shape index (κ1) is 28.4. The summed E-state index contributed by atoms with van der Waals surface area (Å²) >= 11 is 0. The summed E-state index contributed by atoms with van der Waals surface area (Å²) in [7, 11) is -2.15. The molecule has 2 aliphatic heterocycles. The van der Waals surface area contributed by atoms with Gasteiger partial charge in [-0.15, -0.1) is 0 Å². The lowest BCUT2D eigenvalue weighted by molar-refractivity contribution is -0.126. The molecule has 1 unspecified atom stereocenters. The Morgan fingerprint density at radius 1 is 1.05 bits per heavy atom. The second kappa shape index (κ2) is 12.9. The zero-order valence-electron chi connectivity index (χ0n) is 22.6. The molecule has 9 nitrogen and oxygen atoms in total. The van der Waals surface area contributed by atoms with Crippen LogP contribution in [0.5, 0.6) is 5.75 Å². The maximum absolute atomic E-state index is 13.7. The van der Waals surface area contributed by atoms with Crippen molar-refractivity contribution in [3.63, 3.8) is 0 Å². The average molecular weight is 546 g/mol. The second-order valence-corrected chi connectivity index (χ2v) is 11.7. The van der Waals surface area contributed by atoms with Crippen LogP contribution in [-0.2, 0) is 30.8 Å². The van der Waals surface area contributed by atoms with Gasteiger partial charge in [-0.1, -0.05) is 18.6 Å². The van der Waals surface area contributed by atoms with E-state index in [1.807, 2.05) is 12.1 Å². The molecule has 0 bridgehead atoms. The number of carbonyl (C=O) groups excluding carboxylic acids is 1. The van der Waals surface area contributed by atoms with Crippen LogP contribution in [-0.4, -0.2) is 77.8 Å². The molecular formula is C28H39N3O6S. The van der Waals surface area contributed by atoms with Crippen molar-refractivity contribution in [2.24, 2.45) is 0 Å². The number of carbonyl (C=O) groups is 1. The number of amides is 1. The minimum absolute atomic E-state index is 0.114. The number of nitrogens with one attached hydrogen (secondary N) is 1. The van der Waals surface area contributed by atoms with Crippen LogP contribution < -0.4 is 15.0 Å². The second-order valence-electron chi connectivity index (χ2n) is 9.91. The number of morpholine rings is 1. The van der Waals surface area contributed by atoms with E-state index in [1.54, 1.807) is 37.4 Å². The molecule has 0 aliphatic carbocycles. The van der Waals surface area contributed by atoms with E-state index in [4.69, 9.17) is 14.2 Å². The Balaban J connectivity index is 1.29. The van der Waals surface area contributed by atoms with Crippen molar-refractivity contribution in [1.82, 2.24) is 9.62 Å². The highest BCUT2D eigenvalue weighted by Gasteiger charge is 2.35. The van der Waals surface area contributed by atoms with Gasteiger partial charge in [0.15, 0.2) is 0 Å². The smallest absolute Gasteiger partial charge is 0.246 e. The summed E-state index contributed by atoms with van der Waals surface area (Å²) in [6.45, 7) is 7.73. The highest BCUT2D eigenvalue weighted by Crippen LogP contribution is 2.32. The predicted octanol–water partition coefficient (Wildman–Crippen LogP) is 3.02. The summed E-state index contributed by atoms with van der Waals surface area (Å²) in [6.07, 6.45) is 2.42. The fourth-order valence-corrected chi connectivity index (χ4v) is 7.29. The third-order valence-electron chi connectivity index (χ3n) is 7.15. The molecule has 1 atom stereocenters. The van der Waals surface area contributed by atoms with Crippen molar-refractivity contribution >= 4 is 21.6 Å². The molecule has 2 aromatic rings. The Morgan fingerprint density at radius 3 is 2.39 bits per heavy atom. The first-order chi connectivity index (χ1) is 18.3.